The van der Waals surface area contributed by atoms with Gasteiger partial charge >= 0.3 is 5.63 Å². The summed E-state index contributed by atoms with van der Waals surface area (Å²) in [5.74, 6) is 0.355. The SMILES string of the molecule is Cc1c(C)c2ccc(OC(C)C(=O)N(C)Cc3n[nH]c4c3CCCCC4)cc2oc1=O. The van der Waals surface area contributed by atoms with Gasteiger partial charge in [-0.15, -0.1) is 0 Å². The molecule has 1 aliphatic rings. The van der Waals surface area contributed by atoms with Crippen LogP contribution in [-0.2, 0) is 24.2 Å². The van der Waals surface area contributed by atoms with Gasteiger partial charge in [0.25, 0.3) is 5.91 Å². The van der Waals surface area contributed by atoms with Gasteiger partial charge in [-0.1, -0.05) is 6.42 Å². The number of hydrogen-bond donors (Lipinski definition) is 1. The van der Waals surface area contributed by atoms with Crippen LogP contribution in [0.2, 0.25) is 0 Å². The Kier molecular flexibility index (Phi) is 5.85. The molecule has 1 atom stereocenters. The number of likely N-dealkylation sites (N-methyl/N-ethyl adjacent to an activating group) is 1. The maximum Gasteiger partial charge on any atom is 0.339 e. The molecule has 0 spiro atoms. The minimum absolute atomic E-state index is 0.132. The van der Waals surface area contributed by atoms with E-state index in [1.807, 2.05) is 13.0 Å². The number of H-pyrrole nitrogens is 1. The molecular formula is C24H29N3O4. The van der Waals surface area contributed by atoms with Crippen LogP contribution >= 0.6 is 0 Å². The van der Waals surface area contributed by atoms with E-state index in [0.29, 0.717) is 23.4 Å². The van der Waals surface area contributed by atoms with Crippen LogP contribution in [-0.4, -0.2) is 34.2 Å². The molecule has 4 rings (SSSR count). The number of carbonyl (C=O) groups excluding carboxylic acids is 1. The molecule has 1 unspecified atom stereocenters. The van der Waals surface area contributed by atoms with E-state index in [1.165, 1.54) is 24.1 Å². The topological polar surface area (TPSA) is 88.4 Å². The van der Waals surface area contributed by atoms with Crippen molar-refractivity contribution in [3.8, 4) is 5.75 Å². The Balaban J connectivity index is 1.46. The monoisotopic (exact) mass is 423 g/mol. The number of aromatic nitrogens is 2. The molecule has 7 nitrogen and oxygen atoms in total. The van der Waals surface area contributed by atoms with E-state index in [9.17, 15) is 9.59 Å². The van der Waals surface area contributed by atoms with Crippen molar-refractivity contribution in [2.45, 2.75) is 65.5 Å². The van der Waals surface area contributed by atoms with Crippen LogP contribution < -0.4 is 10.4 Å². The first-order valence-corrected chi connectivity index (χ1v) is 10.9. The molecule has 2 aromatic heterocycles. The van der Waals surface area contributed by atoms with Crippen molar-refractivity contribution in [2.75, 3.05) is 7.05 Å². The normalized spacial score (nSPS) is 14.7. The van der Waals surface area contributed by atoms with E-state index >= 15 is 0 Å². The number of nitrogens with zero attached hydrogens (tertiary/aromatic N) is 2. The molecular weight excluding hydrogens is 394 g/mol. The summed E-state index contributed by atoms with van der Waals surface area (Å²) < 4.78 is 11.3. The molecule has 0 fully saturated rings. The summed E-state index contributed by atoms with van der Waals surface area (Å²) in [6, 6.07) is 5.32. The van der Waals surface area contributed by atoms with E-state index in [0.717, 1.165) is 35.9 Å². The molecule has 0 bridgehead atoms. The number of fused-ring (bicyclic) bond motifs is 2. The smallest absolute Gasteiger partial charge is 0.339 e. The number of hydrogen-bond acceptors (Lipinski definition) is 5. The molecule has 1 aliphatic carbocycles. The summed E-state index contributed by atoms with van der Waals surface area (Å²) in [4.78, 5) is 26.6. The van der Waals surface area contributed by atoms with Gasteiger partial charge in [0.1, 0.15) is 11.3 Å². The lowest BCUT2D eigenvalue weighted by Gasteiger charge is -2.22. The first-order valence-electron chi connectivity index (χ1n) is 10.9. The Morgan fingerprint density at radius 1 is 1.23 bits per heavy atom. The summed E-state index contributed by atoms with van der Waals surface area (Å²) in [5, 5.41) is 8.48. The van der Waals surface area contributed by atoms with Gasteiger partial charge in [0.15, 0.2) is 6.10 Å². The number of benzene rings is 1. The Hall–Kier alpha value is -3.09. The second-order valence-corrected chi connectivity index (χ2v) is 8.44. The minimum Gasteiger partial charge on any atom is -0.481 e. The second-order valence-electron chi connectivity index (χ2n) is 8.44. The highest BCUT2D eigenvalue weighted by Crippen LogP contribution is 2.25. The van der Waals surface area contributed by atoms with Crippen molar-refractivity contribution in [3.05, 3.63) is 56.7 Å². The zero-order valence-electron chi connectivity index (χ0n) is 18.6. The fourth-order valence-electron chi connectivity index (χ4n) is 4.23. The summed E-state index contributed by atoms with van der Waals surface area (Å²) in [7, 11) is 1.77. The van der Waals surface area contributed by atoms with Gasteiger partial charge in [0.05, 0.1) is 12.2 Å². The maximum absolute atomic E-state index is 12.9. The lowest BCUT2D eigenvalue weighted by molar-refractivity contribution is -0.137. The molecule has 1 N–H and O–H groups in total. The Labute approximate surface area is 181 Å². The Morgan fingerprint density at radius 3 is 2.81 bits per heavy atom. The van der Waals surface area contributed by atoms with Crippen LogP contribution in [0.25, 0.3) is 11.0 Å². The fourth-order valence-corrected chi connectivity index (χ4v) is 4.23. The van der Waals surface area contributed by atoms with E-state index in [2.05, 4.69) is 10.2 Å². The molecule has 1 amide bonds. The van der Waals surface area contributed by atoms with Crippen molar-refractivity contribution in [1.29, 1.82) is 0 Å². The van der Waals surface area contributed by atoms with Gasteiger partial charge in [0, 0.05) is 29.8 Å². The number of nitrogens with one attached hydrogen (secondary N) is 1. The molecule has 0 saturated carbocycles. The van der Waals surface area contributed by atoms with Gasteiger partial charge < -0.3 is 14.1 Å². The van der Waals surface area contributed by atoms with Crippen molar-refractivity contribution < 1.29 is 13.9 Å². The highest BCUT2D eigenvalue weighted by atomic mass is 16.5. The molecule has 31 heavy (non-hydrogen) atoms. The summed E-state index contributed by atoms with van der Waals surface area (Å²) >= 11 is 0. The average Bonchev–Trinajstić information content (AvgIpc) is 2.96. The summed E-state index contributed by atoms with van der Waals surface area (Å²) in [6.45, 7) is 5.82. The van der Waals surface area contributed by atoms with Crippen LogP contribution in [0, 0.1) is 13.8 Å². The lowest BCUT2D eigenvalue weighted by Crippen LogP contribution is -2.37. The van der Waals surface area contributed by atoms with Gasteiger partial charge in [-0.2, -0.15) is 5.10 Å². The predicted octanol–water partition coefficient (Wildman–Crippen LogP) is 3.83. The number of aryl methyl sites for hydroxylation is 2. The quantitative estimate of drug-likeness (QED) is 0.498. The van der Waals surface area contributed by atoms with Crippen molar-refractivity contribution in [1.82, 2.24) is 15.1 Å². The number of aromatic amines is 1. The largest absolute Gasteiger partial charge is 0.481 e. The second kappa shape index (κ2) is 8.57. The lowest BCUT2D eigenvalue weighted by atomic mass is 10.1. The highest BCUT2D eigenvalue weighted by Gasteiger charge is 2.23. The third-order valence-corrected chi connectivity index (χ3v) is 6.24. The zero-order valence-corrected chi connectivity index (χ0v) is 18.6. The molecule has 0 aliphatic heterocycles. The average molecular weight is 424 g/mol. The third kappa shape index (κ3) is 4.22. The molecule has 0 radical (unpaired) electrons. The van der Waals surface area contributed by atoms with Crippen LogP contribution in [0.3, 0.4) is 0 Å². The van der Waals surface area contributed by atoms with Crippen molar-refractivity contribution in [3.63, 3.8) is 0 Å². The Morgan fingerprint density at radius 2 is 2.00 bits per heavy atom. The molecule has 7 heteroatoms. The number of rotatable bonds is 5. The highest BCUT2D eigenvalue weighted by molar-refractivity contribution is 5.83. The molecule has 1 aromatic carbocycles. The number of ether oxygens (including phenoxy) is 1. The fraction of sp³-hybridized carbons (Fsp3) is 0.458. The van der Waals surface area contributed by atoms with E-state index in [4.69, 9.17) is 9.15 Å². The van der Waals surface area contributed by atoms with Gasteiger partial charge in [-0.25, -0.2) is 4.79 Å². The van der Waals surface area contributed by atoms with Crippen LogP contribution in [0.15, 0.2) is 27.4 Å². The Bertz CT molecular complexity index is 1180. The maximum atomic E-state index is 12.9. The number of carbonyl (C=O) groups is 1. The third-order valence-electron chi connectivity index (χ3n) is 6.24. The standard InChI is InChI=1S/C24H29N3O4/c1-14-15(2)24(29)31-22-12-17(10-11-18(14)22)30-16(3)23(28)27(4)13-21-19-8-6-5-7-9-20(19)25-26-21/h10-12,16H,5-9,13H2,1-4H3,(H,25,26). The van der Waals surface area contributed by atoms with E-state index in [1.54, 1.807) is 37.9 Å². The molecule has 0 saturated heterocycles. The first kappa shape index (κ1) is 21.2. The van der Waals surface area contributed by atoms with E-state index in [-0.39, 0.29) is 11.5 Å². The molecule has 2 heterocycles. The predicted molar refractivity (Wildman–Crippen MR) is 118 cm³/mol. The van der Waals surface area contributed by atoms with Crippen LogP contribution in [0.4, 0.5) is 0 Å². The van der Waals surface area contributed by atoms with Crippen LogP contribution in [0.5, 0.6) is 5.75 Å². The molecule has 3 aromatic rings. The van der Waals surface area contributed by atoms with Crippen molar-refractivity contribution >= 4 is 16.9 Å². The van der Waals surface area contributed by atoms with Gasteiger partial charge in [-0.05, 0) is 69.7 Å². The molecule has 164 valence electrons. The van der Waals surface area contributed by atoms with Gasteiger partial charge in [-0.3, -0.25) is 9.89 Å². The van der Waals surface area contributed by atoms with Crippen molar-refractivity contribution in [2.24, 2.45) is 0 Å². The summed E-state index contributed by atoms with van der Waals surface area (Å²) in [6.07, 6.45) is 4.92. The first-order chi connectivity index (χ1) is 14.8. The number of amides is 1. The minimum atomic E-state index is -0.682. The zero-order chi connectivity index (χ0) is 22.1. The van der Waals surface area contributed by atoms with E-state index < -0.39 is 6.10 Å². The van der Waals surface area contributed by atoms with Crippen LogP contribution in [0.1, 0.15) is 54.3 Å². The van der Waals surface area contributed by atoms with Gasteiger partial charge in [0.2, 0.25) is 0 Å². The summed E-state index contributed by atoms with van der Waals surface area (Å²) in [5.41, 5.74) is 5.00.